The molecule has 1 N–H and O–H groups in total. The SMILES string of the molecule is O=C(O[C@H]1CS(=O)(=O)C[C@@H]1Nc1ccccc1)c1ccc(Cl)cc1. The lowest BCUT2D eigenvalue weighted by Crippen LogP contribution is -2.35. The van der Waals surface area contributed by atoms with Gasteiger partial charge in [-0.05, 0) is 36.4 Å². The second-order valence-electron chi connectivity index (χ2n) is 5.64. The first-order valence-electron chi connectivity index (χ1n) is 7.41. The normalized spacial score (nSPS) is 22.0. The van der Waals surface area contributed by atoms with E-state index in [1.165, 1.54) is 0 Å². The van der Waals surface area contributed by atoms with Crippen LogP contribution in [0.2, 0.25) is 5.02 Å². The van der Waals surface area contributed by atoms with Crippen molar-refractivity contribution in [3.63, 3.8) is 0 Å². The molecule has 1 heterocycles. The van der Waals surface area contributed by atoms with Gasteiger partial charge in [-0.1, -0.05) is 29.8 Å². The van der Waals surface area contributed by atoms with Crippen molar-refractivity contribution in [1.29, 1.82) is 0 Å². The fourth-order valence-electron chi connectivity index (χ4n) is 2.61. The smallest absolute Gasteiger partial charge is 0.338 e. The molecule has 7 heteroatoms. The van der Waals surface area contributed by atoms with Crippen molar-refractivity contribution in [2.45, 2.75) is 12.1 Å². The number of sulfone groups is 1. The fraction of sp³-hybridized carbons (Fsp3) is 0.235. The second kappa shape index (κ2) is 6.83. The van der Waals surface area contributed by atoms with Crippen LogP contribution in [-0.4, -0.2) is 38.0 Å². The number of para-hydroxylation sites is 1. The minimum Gasteiger partial charge on any atom is -0.455 e. The van der Waals surface area contributed by atoms with Crippen molar-refractivity contribution in [3.05, 3.63) is 65.2 Å². The quantitative estimate of drug-likeness (QED) is 0.843. The molecule has 5 nitrogen and oxygen atoms in total. The highest BCUT2D eigenvalue weighted by atomic mass is 35.5. The average Bonchev–Trinajstić information content (AvgIpc) is 2.82. The van der Waals surface area contributed by atoms with Gasteiger partial charge in [0, 0.05) is 10.7 Å². The van der Waals surface area contributed by atoms with Gasteiger partial charge in [0.25, 0.3) is 0 Å². The van der Waals surface area contributed by atoms with E-state index < -0.39 is 28.0 Å². The van der Waals surface area contributed by atoms with Gasteiger partial charge in [0.05, 0.1) is 23.1 Å². The minimum absolute atomic E-state index is 0.0690. The van der Waals surface area contributed by atoms with Crippen LogP contribution >= 0.6 is 11.6 Å². The Hall–Kier alpha value is -2.05. The van der Waals surface area contributed by atoms with E-state index >= 15 is 0 Å². The summed E-state index contributed by atoms with van der Waals surface area (Å²) >= 11 is 5.80. The summed E-state index contributed by atoms with van der Waals surface area (Å²) in [6.45, 7) is 0. The van der Waals surface area contributed by atoms with E-state index in [0.717, 1.165) is 5.69 Å². The zero-order chi connectivity index (χ0) is 17.2. The first kappa shape index (κ1) is 16.8. The Morgan fingerprint density at radius 2 is 1.71 bits per heavy atom. The Morgan fingerprint density at radius 3 is 2.38 bits per heavy atom. The monoisotopic (exact) mass is 365 g/mol. The van der Waals surface area contributed by atoms with Gasteiger partial charge < -0.3 is 10.1 Å². The van der Waals surface area contributed by atoms with E-state index in [-0.39, 0.29) is 11.5 Å². The van der Waals surface area contributed by atoms with E-state index in [1.807, 2.05) is 30.3 Å². The topological polar surface area (TPSA) is 72.5 Å². The van der Waals surface area contributed by atoms with Gasteiger partial charge in [-0.2, -0.15) is 0 Å². The molecule has 1 fully saturated rings. The summed E-state index contributed by atoms with van der Waals surface area (Å²) in [5, 5.41) is 3.65. The molecule has 126 valence electrons. The molecule has 0 aliphatic carbocycles. The molecule has 0 saturated carbocycles. The minimum atomic E-state index is -3.26. The zero-order valence-corrected chi connectivity index (χ0v) is 14.3. The predicted molar refractivity (Wildman–Crippen MR) is 93.2 cm³/mol. The molecule has 0 aromatic heterocycles. The van der Waals surface area contributed by atoms with Gasteiger partial charge in [-0.25, -0.2) is 13.2 Å². The maximum absolute atomic E-state index is 12.2. The molecular weight excluding hydrogens is 350 g/mol. The lowest BCUT2D eigenvalue weighted by molar-refractivity contribution is 0.0337. The maximum Gasteiger partial charge on any atom is 0.338 e. The lowest BCUT2D eigenvalue weighted by Gasteiger charge is -2.21. The number of esters is 1. The van der Waals surface area contributed by atoms with Crippen LogP contribution in [0.15, 0.2) is 54.6 Å². The molecule has 0 bridgehead atoms. The first-order valence-corrected chi connectivity index (χ1v) is 9.61. The van der Waals surface area contributed by atoms with Gasteiger partial charge >= 0.3 is 5.97 Å². The van der Waals surface area contributed by atoms with Crippen molar-refractivity contribution < 1.29 is 17.9 Å². The van der Waals surface area contributed by atoms with Crippen molar-refractivity contribution >= 4 is 33.1 Å². The summed E-state index contributed by atoms with van der Waals surface area (Å²) in [6.07, 6.45) is -0.738. The highest BCUT2D eigenvalue weighted by molar-refractivity contribution is 7.91. The molecule has 2 aromatic rings. The highest BCUT2D eigenvalue weighted by Crippen LogP contribution is 2.22. The van der Waals surface area contributed by atoms with Crippen LogP contribution in [0.3, 0.4) is 0 Å². The third-order valence-corrected chi connectivity index (χ3v) is 5.72. The summed E-state index contributed by atoms with van der Waals surface area (Å²) in [7, 11) is -3.26. The molecule has 0 unspecified atom stereocenters. The molecule has 2 atom stereocenters. The number of ether oxygens (including phenoxy) is 1. The zero-order valence-electron chi connectivity index (χ0n) is 12.7. The van der Waals surface area contributed by atoms with Gasteiger partial charge in [0.2, 0.25) is 0 Å². The fourth-order valence-corrected chi connectivity index (χ4v) is 4.51. The van der Waals surface area contributed by atoms with Crippen LogP contribution in [-0.2, 0) is 14.6 Å². The summed E-state index contributed by atoms with van der Waals surface area (Å²) in [4.78, 5) is 12.2. The van der Waals surface area contributed by atoms with E-state index in [9.17, 15) is 13.2 Å². The van der Waals surface area contributed by atoms with Crippen molar-refractivity contribution in [1.82, 2.24) is 0 Å². The van der Waals surface area contributed by atoms with E-state index in [4.69, 9.17) is 16.3 Å². The summed E-state index contributed by atoms with van der Waals surface area (Å²) in [5.74, 6) is -0.814. The molecule has 1 aliphatic heterocycles. The van der Waals surface area contributed by atoms with Crippen LogP contribution in [0.5, 0.6) is 0 Å². The Labute approximate surface area is 145 Å². The standard InChI is InChI=1S/C17H16ClNO4S/c18-13-8-6-12(7-9-13)17(20)23-16-11-24(21,22)10-15(16)19-14-4-2-1-3-5-14/h1-9,15-16,19H,10-11H2/t15-,16-/m0/s1. The number of hydrogen-bond acceptors (Lipinski definition) is 5. The van der Waals surface area contributed by atoms with Gasteiger partial charge in [0.15, 0.2) is 9.84 Å². The Morgan fingerprint density at radius 1 is 1.04 bits per heavy atom. The van der Waals surface area contributed by atoms with Crippen LogP contribution in [0.25, 0.3) is 0 Å². The van der Waals surface area contributed by atoms with E-state index in [0.29, 0.717) is 10.6 Å². The van der Waals surface area contributed by atoms with Crippen molar-refractivity contribution in [2.75, 3.05) is 16.8 Å². The number of nitrogens with one attached hydrogen (secondary N) is 1. The molecule has 2 aromatic carbocycles. The molecule has 0 amide bonds. The Bertz CT molecular complexity index is 821. The number of halogens is 1. The number of anilines is 1. The number of benzene rings is 2. The van der Waals surface area contributed by atoms with Crippen molar-refractivity contribution in [3.8, 4) is 0 Å². The maximum atomic E-state index is 12.2. The molecule has 0 spiro atoms. The highest BCUT2D eigenvalue weighted by Gasteiger charge is 2.40. The number of carbonyl (C=O) groups excluding carboxylic acids is 1. The first-order chi connectivity index (χ1) is 11.4. The summed E-state index contributed by atoms with van der Waals surface area (Å²) < 4.78 is 29.3. The summed E-state index contributed by atoms with van der Waals surface area (Å²) in [6, 6.07) is 15.0. The molecule has 0 radical (unpaired) electrons. The molecule has 1 aliphatic rings. The summed E-state index contributed by atoms with van der Waals surface area (Å²) in [5.41, 5.74) is 1.12. The lowest BCUT2D eigenvalue weighted by atomic mass is 10.2. The second-order valence-corrected chi connectivity index (χ2v) is 8.23. The third kappa shape index (κ3) is 4.07. The van der Waals surface area contributed by atoms with Gasteiger partial charge in [-0.15, -0.1) is 0 Å². The number of rotatable bonds is 4. The predicted octanol–water partition coefficient (Wildman–Crippen LogP) is 2.77. The Kier molecular flexibility index (Phi) is 4.78. The number of carbonyl (C=O) groups is 1. The van der Waals surface area contributed by atoms with Gasteiger partial charge in [0.1, 0.15) is 6.10 Å². The third-order valence-electron chi connectivity index (χ3n) is 3.76. The van der Waals surface area contributed by atoms with E-state index in [2.05, 4.69) is 5.32 Å². The van der Waals surface area contributed by atoms with Crippen LogP contribution < -0.4 is 5.32 Å². The van der Waals surface area contributed by atoms with E-state index in [1.54, 1.807) is 24.3 Å². The molecular formula is C17H16ClNO4S. The number of hydrogen-bond donors (Lipinski definition) is 1. The van der Waals surface area contributed by atoms with Gasteiger partial charge in [-0.3, -0.25) is 0 Å². The average molecular weight is 366 g/mol. The van der Waals surface area contributed by atoms with Crippen LogP contribution in [0.1, 0.15) is 10.4 Å². The molecule has 24 heavy (non-hydrogen) atoms. The van der Waals surface area contributed by atoms with Crippen molar-refractivity contribution in [2.24, 2.45) is 0 Å². The van der Waals surface area contributed by atoms with Crippen LogP contribution in [0, 0.1) is 0 Å². The van der Waals surface area contributed by atoms with Crippen LogP contribution in [0.4, 0.5) is 5.69 Å². The largest absolute Gasteiger partial charge is 0.455 e. The Balaban J connectivity index is 1.74. The molecule has 1 saturated heterocycles. The molecule has 3 rings (SSSR count).